The largest absolute Gasteiger partial charge is 0.506 e. The number of benzene rings is 1. The van der Waals surface area contributed by atoms with Gasteiger partial charge in [-0.05, 0) is 18.2 Å². The molecule has 7 nitrogen and oxygen atoms in total. The minimum Gasteiger partial charge on any atom is -0.506 e. The van der Waals surface area contributed by atoms with Crippen LogP contribution in [-0.4, -0.2) is 44.0 Å². The minimum absolute atomic E-state index is 0.0161. The number of aromatic hydroxyl groups is 1. The van der Waals surface area contributed by atoms with Gasteiger partial charge in [-0.1, -0.05) is 0 Å². The van der Waals surface area contributed by atoms with Crippen LogP contribution >= 0.6 is 0 Å². The topological polar surface area (TPSA) is 122 Å². The van der Waals surface area contributed by atoms with Crippen LogP contribution in [0.2, 0.25) is 0 Å². The van der Waals surface area contributed by atoms with Crippen molar-refractivity contribution in [2.24, 2.45) is 0 Å². The Morgan fingerprint density at radius 2 is 2.00 bits per heavy atom. The van der Waals surface area contributed by atoms with Gasteiger partial charge in [0.15, 0.2) is 0 Å². The lowest BCUT2D eigenvalue weighted by atomic mass is 9.95. The highest BCUT2D eigenvalue weighted by molar-refractivity contribution is 7.89. The summed E-state index contributed by atoms with van der Waals surface area (Å²) < 4.78 is 31.7. The van der Waals surface area contributed by atoms with Gasteiger partial charge >= 0.3 is 0 Å². The van der Waals surface area contributed by atoms with Crippen LogP contribution < -0.4 is 10.5 Å². The van der Waals surface area contributed by atoms with Crippen LogP contribution in [0.5, 0.6) is 5.75 Å². The summed E-state index contributed by atoms with van der Waals surface area (Å²) in [5, 5.41) is 19.5. The molecule has 1 aliphatic rings. The van der Waals surface area contributed by atoms with Crippen molar-refractivity contribution in [1.82, 2.24) is 4.72 Å². The average molecular weight is 302 g/mol. The number of nitrogens with one attached hydrogen (secondary N) is 1. The van der Waals surface area contributed by atoms with Gasteiger partial charge in [-0.3, -0.25) is 0 Å². The lowest BCUT2D eigenvalue weighted by molar-refractivity contribution is -0.0588. The second-order valence-electron chi connectivity index (χ2n) is 4.88. The van der Waals surface area contributed by atoms with Crippen LogP contribution in [0.3, 0.4) is 0 Å². The number of sulfonamides is 1. The highest BCUT2D eigenvalue weighted by atomic mass is 32.2. The first kappa shape index (κ1) is 15.0. The van der Waals surface area contributed by atoms with Gasteiger partial charge in [0.2, 0.25) is 10.0 Å². The molecule has 0 bridgehead atoms. The van der Waals surface area contributed by atoms with Gasteiger partial charge in [-0.15, -0.1) is 0 Å². The molecule has 0 radical (unpaired) electrons. The SMILES string of the molecule is Nc1cc(S(=O)(=O)NCC2(O)CCOCC2)ccc1O. The summed E-state index contributed by atoms with van der Waals surface area (Å²) in [6.45, 7) is 0.730. The number of phenolic OH excluding ortho intramolecular Hbond substituents is 1. The van der Waals surface area contributed by atoms with Crippen molar-refractivity contribution in [3.05, 3.63) is 18.2 Å². The highest BCUT2D eigenvalue weighted by Crippen LogP contribution is 2.24. The molecule has 0 saturated carbocycles. The highest BCUT2D eigenvalue weighted by Gasteiger charge is 2.31. The molecule has 5 N–H and O–H groups in total. The molecule has 1 aromatic rings. The van der Waals surface area contributed by atoms with Crippen molar-refractivity contribution in [3.63, 3.8) is 0 Å². The van der Waals surface area contributed by atoms with Crippen molar-refractivity contribution in [2.45, 2.75) is 23.3 Å². The van der Waals surface area contributed by atoms with Crippen LogP contribution in [0, 0.1) is 0 Å². The predicted octanol–water partition coefficient (Wildman–Crippen LogP) is -0.206. The molecule has 2 rings (SSSR count). The van der Waals surface area contributed by atoms with E-state index in [9.17, 15) is 18.6 Å². The molecule has 1 saturated heterocycles. The van der Waals surface area contributed by atoms with Gasteiger partial charge in [0.25, 0.3) is 0 Å². The molecule has 8 heteroatoms. The van der Waals surface area contributed by atoms with E-state index in [0.717, 1.165) is 0 Å². The van der Waals surface area contributed by atoms with Crippen molar-refractivity contribution >= 4 is 15.7 Å². The number of rotatable bonds is 4. The first-order chi connectivity index (χ1) is 9.32. The first-order valence-electron chi connectivity index (χ1n) is 6.21. The summed E-state index contributed by atoms with van der Waals surface area (Å²) in [6, 6.07) is 3.64. The lowest BCUT2D eigenvalue weighted by Crippen LogP contribution is -2.46. The standard InChI is InChI=1S/C12H18N2O5S/c13-10-7-9(1-2-11(10)15)20(17,18)14-8-12(16)3-5-19-6-4-12/h1-2,7,14-16H,3-6,8,13H2. The van der Waals surface area contributed by atoms with E-state index in [1.54, 1.807) is 0 Å². The summed E-state index contributed by atoms with van der Waals surface area (Å²) in [4.78, 5) is -0.0524. The Labute approximate surface area is 117 Å². The summed E-state index contributed by atoms with van der Waals surface area (Å²) in [5.41, 5.74) is 4.37. The van der Waals surface area contributed by atoms with E-state index in [0.29, 0.717) is 26.1 Å². The lowest BCUT2D eigenvalue weighted by Gasteiger charge is -2.31. The van der Waals surface area contributed by atoms with E-state index >= 15 is 0 Å². The van der Waals surface area contributed by atoms with Gasteiger partial charge in [-0.25, -0.2) is 13.1 Å². The Kier molecular flexibility index (Phi) is 4.19. The fraction of sp³-hybridized carbons (Fsp3) is 0.500. The van der Waals surface area contributed by atoms with Crippen LogP contribution in [-0.2, 0) is 14.8 Å². The van der Waals surface area contributed by atoms with Crippen LogP contribution in [0.1, 0.15) is 12.8 Å². The maximum absolute atomic E-state index is 12.1. The molecular formula is C12H18N2O5S. The summed E-state index contributed by atoms with van der Waals surface area (Å²) in [5.74, 6) is -0.174. The molecule has 1 fully saturated rings. The molecule has 0 atom stereocenters. The molecule has 0 unspecified atom stereocenters. The number of aliphatic hydroxyl groups is 1. The van der Waals surface area contributed by atoms with Crippen LogP contribution in [0.15, 0.2) is 23.1 Å². The number of nitrogens with two attached hydrogens (primary N) is 1. The Morgan fingerprint density at radius 1 is 1.35 bits per heavy atom. The van der Waals surface area contributed by atoms with Crippen LogP contribution in [0.25, 0.3) is 0 Å². The van der Waals surface area contributed by atoms with E-state index in [1.807, 2.05) is 0 Å². The zero-order chi connectivity index (χ0) is 14.8. The Morgan fingerprint density at radius 3 is 2.60 bits per heavy atom. The van der Waals surface area contributed by atoms with E-state index in [4.69, 9.17) is 10.5 Å². The fourth-order valence-corrected chi connectivity index (χ4v) is 3.10. The fourth-order valence-electron chi connectivity index (χ4n) is 1.94. The van der Waals surface area contributed by atoms with Gasteiger partial charge < -0.3 is 20.7 Å². The van der Waals surface area contributed by atoms with E-state index in [-0.39, 0.29) is 22.9 Å². The normalized spacial score (nSPS) is 18.9. The molecular weight excluding hydrogens is 284 g/mol. The van der Waals surface area contributed by atoms with Gasteiger partial charge in [0.05, 0.1) is 16.2 Å². The molecule has 112 valence electrons. The summed E-state index contributed by atoms with van der Waals surface area (Å²) in [7, 11) is -3.78. The third-order valence-electron chi connectivity index (χ3n) is 3.32. The average Bonchev–Trinajstić information content (AvgIpc) is 2.41. The molecule has 20 heavy (non-hydrogen) atoms. The molecule has 0 aliphatic carbocycles. The monoisotopic (exact) mass is 302 g/mol. The second-order valence-corrected chi connectivity index (χ2v) is 6.65. The quantitative estimate of drug-likeness (QED) is 0.451. The Hall–Kier alpha value is -1.35. The van der Waals surface area contributed by atoms with Gasteiger partial charge in [-0.2, -0.15) is 0 Å². The molecule has 0 spiro atoms. The number of hydrogen-bond acceptors (Lipinski definition) is 6. The number of phenols is 1. The number of hydrogen-bond donors (Lipinski definition) is 4. The predicted molar refractivity (Wildman–Crippen MR) is 72.7 cm³/mol. The van der Waals surface area contributed by atoms with Crippen molar-refractivity contribution < 1.29 is 23.4 Å². The summed E-state index contributed by atoms with van der Waals surface area (Å²) in [6.07, 6.45) is 0.764. The first-order valence-corrected chi connectivity index (χ1v) is 7.69. The third kappa shape index (κ3) is 3.40. The van der Waals surface area contributed by atoms with Crippen molar-refractivity contribution in [1.29, 1.82) is 0 Å². The molecule has 1 aliphatic heterocycles. The number of ether oxygens (including phenoxy) is 1. The summed E-state index contributed by atoms with van der Waals surface area (Å²) >= 11 is 0. The second kappa shape index (κ2) is 5.57. The van der Waals surface area contributed by atoms with E-state index in [2.05, 4.69) is 4.72 Å². The molecule has 0 aromatic heterocycles. The molecule has 0 amide bonds. The van der Waals surface area contributed by atoms with Crippen LogP contribution in [0.4, 0.5) is 5.69 Å². The number of nitrogen functional groups attached to an aromatic ring is 1. The van der Waals surface area contributed by atoms with Gasteiger partial charge in [0.1, 0.15) is 5.75 Å². The van der Waals surface area contributed by atoms with E-state index in [1.165, 1.54) is 18.2 Å². The maximum atomic E-state index is 12.1. The maximum Gasteiger partial charge on any atom is 0.240 e. The minimum atomic E-state index is -3.78. The van der Waals surface area contributed by atoms with Gasteiger partial charge in [0, 0.05) is 32.6 Å². The zero-order valence-corrected chi connectivity index (χ0v) is 11.7. The Balaban J connectivity index is 2.09. The molecule has 1 heterocycles. The van der Waals surface area contributed by atoms with Crippen molar-refractivity contribution in [2.75, 3.05) is 25.5 Å². The number of anilines is 1. The van der Waals surface area contributed by atoms with Crippen molar-refractivity contribution in [3.8, 4) is 5.75 Å². The smallest absolute Gasteiger partial charge is 0.240 e. The third-order valence-corrected chi connectivity index (χ3v) is 4.72. The zero-order valence-electron chi connectivity index (χ0n) is 10.9. The van der Waals surface area contributed by atoms with E-state index < -0.39 is 15.6 Å². The molecule has 1 aromatic carbocycles. The Bertz CT molecular complexity index is 582.